The first-order valence-corrected chi connectivity index (χ1v) is 5.66. The van der Waals surface area contributed by atoms with E-state index in [0.717, 1.165) is 6.54 Å². The third kappa shape index (κ3) is 2.84. The maximum Gasteiger partial charge on any atom is 0.0203 e. The molecule has 0 aromatic heterocycles. The Morgan fingerprint density at radius 1 is 1.07 bits per heavy atom. The van der Waals surface area contributed by atoms with Crippen LogP contribution in [0.25, 0.3) is 0 Å². The van der Waals surface area contributed by atoms with Crippen molar-refractivity contribution in [1.82, 2.24) is 4.90 Å². The highest BCUT2D eigenvalue weighted by molar-refractivity contribution is 5.16. The minimum absolute atomic E-state index is 0.310. The quantitative estimate of drug-likeness (QED) is 0.535. The van der Waals surface area contributed by atoms with Crippen LogP contribution in [0.3, 0.4) is 0 Å². The zero-order chi connectivity index (χ0) is 11.0. The summed E-state index contributed by atoms with van der Waals surface area (Å²) in [7, 11) is 0. The van der Waals surface area contributed by atoms with E-state index in [2.05, 4.69) is 52.5 Å². The van der Waals surface area contributed by atoms with Gasteiger partial charge >= 0.3 is 0 Å². The van der Waals surface area contributed by atoms with Gasteiger partial charge in [-0.3, -0.25) is 4.90 Å². The molecule has 0 saturated carbocycles. The van der Waals surface area contributed by atoms with Gasteiger partial charge in [-0.05, 0) is 32.6 Å². The molecule has 0 aliphatic carbocycles. The summed E-state index contributed by atoms with van der Waals surface area (Å²) < 4.78 is 0. The first-order chi connectivity index (χ1) is 6.21. The first kappa shape index (κ1) is 11.8. The summed E-state index contributed by atoms with van der Waals surface area (Å²) in [6.45, 7) is 16.2. The second-order valence-electron chi connectivity index (χ2n) is 6.36. The average molecular weight is 195 g/mol. The van der Waals surface area contributed by atoms with Crippen molar-refractivity contribution in [3.63, 3.8) is 0 Å². The highest BCUT2D eigenvalue weighted by Crippen LogP contribution is 2.31. The summed E-state index contributed by atoms with van der Waals surface area (Å²) in [6.07, 6.45) is 3.64. The van der Waals surface area contributed by atoms with Crippen molar-refractivity contribution < 1.29 is 0 Å². The Morgan fingerprint density at radius 2 is 1.64 bits per heavy atom. The fraction of sp³-hybridized carbons (Fsp3) is 0.846. The van der Waals surface area contributed by atoms with E-state index >= 15 is 0 Å². The van der Waals surface area contributed by atoms with Crippen LogP contribution in [0.1, 0.15) is 48.0 Å². The van der Waals surface area contributed by atoms with E-state index in [9.17, 15) is 0 Å². The van der Waals surface area contributed by atoms with Crippen LogP contribution < -0.4 is 0 Å². The molecule has 14 heavy (non-hydrogen) atoms. The Balaban J connectivity index is 2.73. The van der Waals surface area contributed by atoms with Crippen molar-refractivity contribution >= 4 is 0 Å². The number of nitrogens with zero attached hydrogens (tertiary/aromatic N) is 1. The molecule has 0 bridgehead atoms. The molecule has 0 atom stereocenters. The maximum atomic E-state index is 2.58. The van der Waals surface area contributed by atoms with Gasteiger partial charge in [-0.25, -0.2) is 0 Å². The number of hydrogen-bond acceptors (Lipinski definition) is 1. The van der Waals surface area contributed by atoms with Crippen LogP contribution in [0.5, 0.6) is 0 Å². The molecule has 1 aliphatic rings. The molecule has 1 heteroatoms. The minimum Gasteiger partial charge on any atom is -0.294 e. The molecule has 0 aromatic carbocycles. The summed E-state index contributed by atoms with van der Waals surface area (Å²) >= 11 is 0. The zero-order valence-corrected chi connectivity index (χ0v) is 10.6. The Labute approximate surface area is 89.2 Å². The first-order valence-electron chi connectivity index (χ1n) is 5.66. The lowest BCUT2D eigenvalue weighted by Gasteiger charge is -2.41. The predicted molar refractivity (Wildman–Crippen MR) is 63.5 cm³/mol. The molecule has 1 aliphatic heterocycles. The molecule has 0 saturated heterocycles. The molecule has 0 N–H and O–H groups in total. The van der Waals surface area contributed by atoms with Crippen molar-refractivity contribution in [1.29, 1.82) is 0 Å². The summed E-state index contributed by atoms with van der Waals surface area (Å²) in [5.41, 5.74) is 2.24. The molecule has 0 unspecified atom stereocenters. The number of hydrogen-bond donors (Lipinski definition) is 0. The average Bonchev–Trinajstić information content (AvgIpc) is 2.01. The van der Waals surface area contributed by atoms with Gasteiger partial charge in [0.25, 0.3) is 0 Å². The minimum atomic E-state index is 0.310. The molecule has 0 spiro atoms. The van der Waals surface area contributed by atoms with Crippen molar-refractivity contribution in [3.05, 3.63) is 11.6 Å². The van der Waals surface area contributed by atoms with Crippen LogP contribution in [-0.4, -0.2) is 23.5 Å². The van der Waals surface area contributed by atoms with E-state index < -0.39 is 0 Å². The fourth-order valence-corrected chi connectivity index (χ4v) is 1.86. The second kappa shape index (κ2) is 3.69. The molecule has 1 nitrogen and oxygen atoms in total. The van der Waals surface area contributed by atoms with Gasteiger partial charge < -0.3 is 0 Å². The standard InChI is InChI=1S/C13H25N/c1-12(2,3)11-8-7-9-14(10-11)13(4,5)6/h8H,7,9-10H2,1-6H3. The lowest BCUT2D eigenvalue weighted by molar-refractivity contribution is 0.137. The topological polar surface area (TPSA) is 3.24 Å². The molecule has 1 heterocycles. The number of rotatable bonds is 0. The second-order valence-corrected chi connectivity index (χ2v) is 6.36. The van der Waals surface area contributed by atoms with Crippen molar-refractivity contribution in [2.75, 3.05) is 13.1 Å². The third-order valence-corrected chi connectivity index (χ3v) is 3.06. The SMILES string of the molecule is CC(C)(C)C1=CCCN(C(C)(C)C)C1. The van der Waals surface area contributed by atoms with E-state index in [1.54, 1.807) is 5.57 Å². The van der Waals surface area contributed by atoms with Gasteiger partial charge in [-0.15, -0.1) is 0 Å². The summed E-state index contributed by atoms with van der Waals surface area (Å²) in [5.74, 6) is 0. The van der Waals surface area contributed by atoms with E-state index in [1.807, 2.05) is 0 Å². The lowest BCUT2D eigenvalue weighted by Crippen LogP contribution is -2.45. The van der Waals surface area contributed by atoms with Gasteiger partial charge in [0.05, 0.1) is 0 Å². The molecular formula is C13H25N. The molecular weight excluding hydrogens is 170 g/mol. The molecule has 0 amide bonds. The van der Waals surface area contributed by atoms with Crippen molar-refractivity contribution in [2.24, 2.45) is 5.41 Å². The molecule has 0 fully saturated rings. The van der Waals surface area contributed by atoms with Gasteiger partial charge in [0.1, 0.15) is 0 Å². The van der Waals surface area contributed by atoms with E-state index in [4.69, 9.17) is 0 Å². The Hall–Kier alpha value is -0.300. The Bertz CT molecular complexity index is 225. The fourth-order valence-electron chi connectivity index (χ4n) is 1.86. The maximum absolute atomic E-state index is 2.58. The van der Waals surface area contributed by atoms with Crippen LogP contribution in [0.4, 0.5) is 0 Å². The van der Waals surface area contributed by atoms with E-state index in [1.165, 1.54) is 13.0 Å². The largest absolute Gasteiger partial charge is 0.294 e. The third-order valence-electron chi connectivity index (χ3n) is 3.06. The van der Waals surface area contributed by atoms with Gasteiger partial charge in [-0.2, -0.15) is 0 Å². The van der Waals surface area contributed by atoms with Crippen LogP contribution in [-0.2, 0) is 0 Å². The molecule has 1 rings (SSSR count). The Kier molecular flexibility index (Phi) is 3.10. The van der Waals surface area contributed by atoms with Crippen LogP contribution in [0.2, 0.25) is 0 Å². The van der Waals surface area contributed by atoms with E-state index in [0.29, 0.717) is 11.0 Å². The zero-order valence-electron chi connectivity index (χ0n) is 10.6. The van der Waals surface area contributed by atoms with Crippen LogP contribution in [0, 0.1) is 5.41 Å². The highest BCUT2D eigenvalue weighted by atomic mass is 15.2. The van der Waals surface area contributed by atoms with Gasteiger partial charge in [0, 0.05) is 18.6 Å². The lowest BCUT2D eigenvalue weighted by atomic mass is 9.83. The normalized spacial score (nSPS) is 20.9. The molecule has 82 valence electrons. The van der Waals surface area contributed by atoms with Crippen molar-refractivity contribution in [2.45, 2.75) is 53.5 Å². The highest BCUT2D eigenvalue weighted by Gasteiger charge is 2.28. The van der Waals surface area contributed by atoms with Crippen LogP contribution >= 0.6 is 0 Å². The van der Waals surface area contributed by atoms with Gasteiger partial charge in [-0.1, -0.05) is 32.4 Å². The predicted octanol–water partition coefficient (Wildman–Crippen LogP) is 3.46. The van der Waals surface area contributed by atoms with Gasteiger partial charge in [0.2, 0.25) is 0 Å². The Morgan fingerprint density at radius 3 is 2.07 bits per heavy atom. The molecule has 0 radical (unpaired) electrons. The monoisotopic (exact) mass is 195 g/mol. The molecule has 0 aromatic rings. The summed E-state index contributed by atoms with van der Waals surface area (Å²) in [5, 5.41) is 0. The van der Waals surface area contributed by atoms with Gasteiger partial charge in [0.15, 0.2) is 0 Å². The van der Waals surface area contributed by atoms with Crippen molar-refractivity contribution in [3.8, 4) is 0 Å². The smallest absolute Gasteiger partial charge is 0.0203 e. The van der Waals surface area contributed by atoms with Crippen LogP contribution in [0.15, 0.2) is 11.6 Å². The van der Waals surface area contributed by atoms with E-state index in [-0.39, 0.29) is 0 Å². The summed E-state index contributed by atoms with van der Waals surface area (Å²) in [6, 6.07) is 0. The summed E-state index contributed by atoms with van der Waals surface area (Å²) in [4.78, 5) is 2.58.